The van der Waals surface area contributed by atoms with Gasteiger partial charge >= 0.3 is 0 Å². The second-order valence-corrected chi connectivity index (χ2v) is 4.50. The van der Waals surface area contributed by atoms with Crippen molar-refractivity contribution in [3.05, 3.63) is 35.1 Å². The quantitative estimate of drug-likeness (QED) is 0.863. The molecule has 0 aromatic heterocycles. The zero-order chi connectivity index (χ0) is 13.1. The third kappa shape index (κ3) is 3.61. The monoisotopic (exact) mass is 294 g/mol. The first-order valence-corrected chi connectivity index (χ1v) is 6.22. The minimum atomic E-state index is -1.13. The smallest absolute Gasteiger partial charge is 0.161 e. The fraction of sp³-hybridized carbons (Fsp3) is 0.538. The van der Waals surface area contributed by atoms with Crippen LogP contribution in [0.5, 0.6) is 0 Å². The molecular weight excluding hydrogens is 277 g/mol. The maximum atomic E-state index is 13.8. The van der Waals surface area contributed by atoms with Crippen molar-refractivity contribution < 1.29 is 13.2 Å². The Morgan fingerprint density at radius 3 is 2.26 bits per heavy atom. The molecule has 1 saturated heterocycles. The lowest BCUT2D eigenvalue weighted by atomic mass is 10.0. The number of nitrogens with zero attached hydrogens (tertiary/aromatic N) is 1. The fourth-order valence-electron chi connectivity index (χ4n) is 2.46. The van der Waals surface area contributed by atoms with Crippen molar-refractivity contribution >= 4 is 12.4 Å². The Bertz CT molecular complexity index is 423. The lowest BCUT2D eigenvalue weighted by Gasteiger charge is -2.34. The number of piperazine rings is 1. The highest BCUT2D eigenvalue weighted by molar-refractivity contribution is 5.85. The average Bonchev–Trinajstić information content (AvgIpc) is 2.38. The van der Waals surface area contributed by atoms with Gasteiger partial charge < -0.3 is 5.32 Å². The summed E-state index contributed by atoms with van der Waals surface area (Å²) in [4.78, 5) is 2.10. The number of nitrogens with one attached hydrogen (secondary N) is 1. The molecule has 0 aliphatic carbocycles. The van der Waals surface area contributed by atoms with Crippen LogP contribution < -0.4 is 5.32 Å². The lowest BCUT2D eigenvalue weighted by molar-refractivity contribution is 0.165. The van der Waals surface area contributed by atoms with Gasteiger partial charge in [0, 0.05) is 43.9 Å². The molecule has 0 spiro atoms. The molecule has 108 valence electrons. The number of halogens is 4. The predicted octanol–water partition coefficient (Wildman–Crippen LogP) is 2.88. The molecule has 2 rings (SSSR count). The number of benzene rings is 1. The number of hydrogen-bond donors (Lipinski definition) is 1. The highest BCUT2D eigenvalue weighted by Gasteiger charge is 2.24. The van der Waals surface area contributed by atoms with Crippen LogP contribution in [0.15, 0.2) is 12.1 Å². The van der Waals surface area contributed by atoms with E-state index < -0.39 is 17.5 Å². The SMILES string of the molecule is CC[C@@H](c1cc(F)c(F)cc1F)N1CCNCC1.Cl. The molecule has 1 N–H and O–H groups in total. The summed E-state index contributed by atoms with van der Waals surface area (Å²) >= 11 is 0. The van der Waals surface area contributed by atoms with Gasteiger partial charge in [-0.05, 0) is 12.5 Å². The molecule has 0 saturated carbocycles. The molecule has 1 aromatic carbocycles. The zero-order valence-electron chi connectivity index (χ0n) is 10.8. The van der Waals surface area contributed by atoms with Gasteiger partial charge in [-0.1, -0.05) is 6.92 Å². The normalized spacial score (nSPS) is 17.9. The summed E-state index contributed by atoms with van der Waals surface area (Å²) in [7, 11) is 0. The Labute approximate surface area is 117 Å². The summed E-state index contributed by atoms with van der Waals surface area (Å²) in [6, 6.07) is 1.43. The van der Waals surface area contributed by atoms with E-state index in [0.717, 1.165) is 32.2 Å². The van der Waals surface area contributed by atoms with Gasteiger partial charge in [-0.2, -0.15) is 0 Å². The van der Waals surface area contributed by atoms with Crippen molar-refractivity contribution in [2.75, 3.05) is 26.2 Å². The second-order valence-electron chi connectivity index (χ2n) is 4.50. The van der Waals surface area contributed by atoms with Gasteiger partial charge in [-0.3, -0.25) is 4.90 Å². The van der Waals surface area contributed by atoms with E-state index in [1.54, 1.807) is 0 Å². The Morgan fingerprint density at radius 2 is 1.68 bits per heavy atom. The Balaban J connectivity index is 0.00000180. The van der Waals surface area contributed by atoms with Crippen LogP contribution in [-0.2, 0) is 0 Å². The fourth-order valence-corrected chi connectivity index (χ4v) is 2.46. The van der Waals surface area contributed by atoms with E-state index in [1.807, 2.05) is 6.92 Å². The molecule has 1 atom stereocenters. The summed E-state index contributed by atoms with van der Waals surface area (Å²) in [6.45, 7) is 5.17. The summed E-state index contributed by atoms with van der Waals surface area (Å²) in [5.74, 6) is -2.79. The maximum absolute atomic E-state index is 13.8. The van der Waals surface area contributed by atoms with Crippen molar-refractivity contribution in [1.29, 1.82) is 0 Å². The molecule has 0 bridgehead atoms. The van der Waals surface area contributed by atoms with E-state index in [1.165, 1.54) is 0 Å². The van der Waals surface area contributed by atoms with Crippen LogP contribution in [0.4, 0.5) is 13.2 Å². The Hall–Kier alpha value is -0.780. The molecule has 2 nitrogen and oxygen atoms in total. The first kappa shape index (κ1) is 16.3. The van der Waals surface area contributed by atoms with Crippen LogP contribution in [0, 0.1) is 17.5 Å². The van der Waals surface area contributed by atoms with Gasteiger partial charge in [0.1, 0.15) is 5.82 Å². The molecule has 19 heavy (non-hydrogen) atoms. The molecule has 1 aliphatic heterocycles. The maximum Gasteiger partial charge on any atom is 0.161 e. The van der Waals surface area contributed by atoms with E-state index in [2.05, 4.69) is 10.2 Å². The van der Waals surface area contributed by atoms with Crippen LogP contribution in [-0.4, -0.2) is 31.1 Å². The molecular formula is C13H18ClF3N2. The molecule has 1 fully saturated rings. The summed E-state index contributed by atoms with van der Waals surface area (Å²) < 4.78 is 40.0. The summed E-state index contributed by atoms with van der Waals surface area (Å²) in [5.41, 5.74) is 0.248. The van der Waals surface area contributed by atoms with Crippen LogP contribution in [0.25, 0.3) is 0 Å². The van der Waals surface area contributed by atoms with Gasteiger partial charge in [0.25, 0.3) is 0 Å². The minimum Gasteiger partial charge on any atom is -0.314 e. The van der Waals surface area contributed by atoms with Crippen molar-refractivity contribution in [3.8, 4) is 0 Å². The minimum absolute atomic E-state index is 0. The van der Waals surface area contributed by atoms with Crippen molar-refractivity contribution in [3.63, 3.8) is 0 Å². The summed E-state index contributed by atoms with van der Waals surface area (Å²) in [5, 5.41) is 3.21. The van der Waals surface area contributed by atoms with Gasteiger partial charge in [0.05, 0.1) is 0 Å². The van der Waals surface area contributed by atoms with Gasteiger partial charge in [0.15, 0.2) is 11.6 Å². The molecule has 1 heterocycles. The third-order valence-corrected chi connectivity index (χ3v) is 3.38. The van der Waals surface area contributed by atoms with E-state index >= 15 is 0 Å². The van der Waals surface area contributed by atoms with Gasteiger partial charge in [-0.15, -0.1) is 12.4 Å². The second kappa shape index (κ2) is 7.12. The van der Waals surface area contributed by atoms with Crippen molar-refractivity contribution in [1.82, 2.24) is 10.2 Å². The average molecular weight is 295 g/mol. The van der Waals surface area contributed by atoms with Crippen molar-refractivity contribution in [2.24, 2.45) is 0 Å². The van der Waals surface area contributed by atoms with Crippen LogP contribution in [0.2, 0.25) is 0 Å². The molecule has 6 heteroatoms. The Kier molecular flexibility index (Phi) is 6.10. The van der Waals surface area contributed by atoms with Crippen LogP contribution in [0.1, 0.15) is 24.9 Å². The zero-order valence-corrected chi connectivity index (χ0v) is 11.6. The van der Waals surface area contributed by atoms with E-state index in [9.17, 15) is 13.2 Å². The van der Waals surface area contributed by atoms with E-state index in [4.69, 9.17) is 0 Å². The molecule has 0 amide bonds. The predicted molar refractivity (Wildman–Crippen MR) is 71.0 cm³/mol. The summed E-state index contributed by atoms with van der Waals surface area (Å²) in [6.07, 6.45) is 0.669. The molecule has 0 unspecified atom stereocenters. The van der Waals surface area contributed by atoms with Crippen molar-refractivity contribution in [2.45, 2.75) is 19.4 Å². The number of rotatable bonds is 3. The van der Waals surface area contributed by atoms with Crippen LogP contribution in [0.3, 0.4) is 0 Å². The molecule has 1 aromatic rings. The standard InChI is InChI=1S/C13H17F3N2.ClH/c1-2-13(18-5-3-17-4-6-18)9-7-11(15)12(16)8-10(9)14;/h7-8,13,17H,2-6H2,1H3;1H/t13-;/m0./s1. The van der Waals surface area contributed by atoms with E-state index in [-0.39, 0.29) is 24.0 Å². The lowest BCUT2D eigenvalue weighted by Crippen LogP contribution is -2.45. The van der Waals surface area contributed by atoms with Gasteiger partial charge in [-0.25, -0.2) is 13.2 Å². The Morgan fingerprint density at radius 1 is 1.11 bits per heavy atom. The molecule has 0 radical (unpaired) electrons. The molecule has 1 aliphatic rings. The van der Waals surface area contributed by atoms with Crippen LogP contribution >= 0.6 is 12.4 Å². The first-order chi connectivity index (χ1) is 8.63. The highest BCUT2D eigenvalue weighted by atomic mass is 35.5. The van der Waals surface area contributed by atoms with Gasteiger partial charge in [0.2, 0.25) is 0 Å². The topological polar surface area (TPSA) is 15.3 Å². The highest BCUT2D eigenvalue weighted by Crippen LogP contribution is 2.28. The number of hydrogen-bond acceptors (Lipinski definition) is 2. The largest absolute Gasteiger partial charge is 0.314 e. The third-order valence-electron chi connectivity index (χ3n) is 3.38. The van der Waals surface area contributed by atoms with E-state index in [0.29, 0.717) is 12.5 Å². The first-order valence-electron chi connectivity index (χ1n) is 6.22.